The van der Waals surface area contributed by atoms with Gasteiger partial charge in [0.15, 0.2) is 0 Å². The molecule has 6 nitrogen and oxygen atoms in total. The van der Waals surface area contributed by atoms with E-state index in [0.717, 1.165) is 50.0 Å². The number of ether oxygens (including phenoxy) is 2. The number of benzene rings is 2. The van der Waals surface area contributed by atoms with Crippen LogP contribution in [0.4, 0.5) is 11.4 Å². The van der Waals surface area contributed by atoms with Crippen LogP contribution in [-0.4, -0.2) is 19.2 Å². The van der Waals surface area contributed by atoms with E-state index in [-0.39, 0.29) is 5.97 Å². The SMILES string of the molecule is C=CC(=O)OCCCCCCCCOc1ccc(N=Nc2ccc(C#N)cc2)cc1. The van der Waals surface area contributed by atoms with Crippen molar-refractivity contribution in [2.75, 3.05) is 13.2 Å². The Labute approximate surface area is 177 Å². The maximum Gasteiger partial charge on any atom is 0.330 e. The second-order valence-electron chi connectivity index (χ2n) is 6.69. The number of azo groups is 1. The molecule has 0 unspecified atom stereocenters. The van der Waals surface area contributed by atoms with E-state index in [1.807, 2.05) is 24.3 Å². The maximum absolute atomic E-state index is 10.9. The quantitative estimate of drug-likeness (QED) is 0.166. The monoisotopic (exact) mass is 405 g/mol. The van der Waals surface area contributed by atoms with Crippen molar-refractivity contribution >= 4 is 17.3 Å². The van der Waals surface area contributed by atoms with Crippen molar-refractivity contribution < 1.29 is 14.3 Å². The van der Waals surface area contributed by atoms with Crippen LogP contribution >= 0.6 is 0 Å². The summed E-state index contributed by atoms with van der Waals surface area (Å²) in [6.45, 7) is 4.52. The maximum atomic E-state index is 10.9. The zero-order chi connectivity index (χ0) is 21.4. The van der Waals surface area contributed by atoms with Gasteiger partial charge < -0.3 is 9.47 Å². The number of rotatable bonds is 13. The van der Waals surface area contributed by atoms with Crippen molar-refractivity contribution in [3.05, 3.63) is 66.7 Å². The lowest BCUT2D eigenvalue weighted by Crippen LogP contribution is -2.01. The van der Waals surface area contributed by atoms with E-state index >= 15 is 0 Å². The van der Waals surface area contributed by atoms with Gasteiger partial charge in [0, 0.05) is 6.08 Å². The van der Waals surface area contributed by atoms with Gasteiger partial charge in [-0.15, -0.1) is 0 Å². The topological polar surface area (TPSA) is 84.0 Å². The van der Waals surface area contributed by atoms with Crippen LogP contribution in [0.15, 0.2) is 71.4 Å². The number of carbonyl (C=O) groups is 1. The fourth-order valence-electron chi connectivity index (χ4n) is 2.66. The fourth-order valence-corrected chi connectivity index (χ4v) is 2.66. The second kappa shape index (κ2) is 13.7. The van der Waals surface area contributed by atoms with Crippen LogP contribution in [0.25, 0.3) is 0 Å². The average Bonchev–Trinajstić information content (AvgIpc) is 2.79. The summed E-state index contributed by atoms with van der Waals surface area (Å²) < 4.78 is 10.7. The molecule has 0 aliphatic rings. The lowest BCUT2D eigenvalue weighted by atomic mass is 10.1. The summed E-state index contributed by atoms with van der Waals surface area (Å²) in [5.41, 5.74) is 2.04. The summed E-state index contributed by atoms with van der Waals surface area (Å²) in [6, 6.07) is 16.5. The third-order valence-electron chi connectivity index (χ3n) is 4.33. The second-order valence-corrected chi connectivity index (χ2v) is 6.69. The van der Waals surface area contributed by atoms with Crippen molar-refractivity contribution in [3.8, 4) is 11.8 Å². The summed E-state index contributed by atoms with van der Waals surface area (Å²) >= 11 is 0. The van der Waals surface area contributed by atoms with Gasteiger partial charge in [-0.2, -0.15) is 15.5 Å². The van der Waals surface area contributed by atoms with Crippen LogP contribution in [0.1, 0.15) is 44.1 Å². The van der Waals surface area contributed by atoms with Crippen LogP contribution in [0, 0.1) is 11.3 Å². The van der Waals surface area contributed by atoms with Crippen LogP contribution in [0.5, 0.6) is 5.75 Å². The minimum Gasteiger partial charge on any atom is -0.494 e. The summed E-state index contributed by atoms with van der Waals surface area (Å²) in [4.78, 5) is 10.9. The number of esters is 1. The van der Waals surface area contributed by atoms with Gasteiger partial charge >= 0.3 is 5.97 Å². The summed E-state index contributed by atoms with van der Waals surface area (Å²) in [5.74, 6) is 0.464. The molecule has 0 amide bonds. The van der Waals surface area contributed by atoms with E-state index in [0.29, 0.717) is 24.5 Å². The molecule has 2 aromatic rings. The molecule has 0 bridgehead atoms. The molecule has 0 saturated carbocycles. The van der Waals surface area contributed by atoms with Crippen molar-refractivity contribution in [2.24, 2.45) is 10.2 Å². The van der Waals surface area contributed by atoms with Crippen molar-refractivity contribution in [2.45, 2.75) is 38.5 Å². The average molecular weight is 405 g/mol. The first-order chi connectivity index (χ1) is 14.7. The normalized spacial score (nSPS) is 10.5. The van der Waals surface area contributed by atoms with Gasteiger partial charge in [-0.25, -0.2) is 4.79 Å². The minimum atomic E-state index is -0.352. The number of hydrogen-bond acceptors (Lipinski definition) is 6. The number of nitriles is 1. The van der Waals surface area contributed by atoms with Gasteiger partial charge in [0.25, 0.3) is 0 Å². The zero-order valence-electron chi connectivity index (χ0n) is 17.1. The Morgan fingerprint density at radius 3 is 1.97 bits per heavy atom. The highest BCUT2D eigenvalue weighted by Gasteiger charge is 1.98. The molecule has 156 valence electrons. The number of nitrogens with zero attached hydrogens (tertiary/aromatic N) is 3. The molecule has 2 aromatic carbocycles. The zero-order valence-corrected chi connectivity index (χ0v) is 17.1. The highest BCUT2D eigenvalue weighted by atomic mass is 16.5. The molecular formula is C24H27N3O3. The Balaban J connectivity index is 1.56. The van der Waals surface area contributed by atoms with Crippen molar-refractivity contribution in [1.82, 2.24) is 0 Å². The van der Waals surface area contributed by atoms with E-state index in [1.165, 1.54) is 6.08 Å². The van der Waals surface area contributed by atoms with E-state index < -0.39 is 0 Å². The molecule has 0 aliphatic heterocycles. The largest absolute Gasteiger partial charge is 0.494 e. The third-order valence-corrected chi connectivity index (χ3v) is 4.33. The molecule has 0 heterocycles. The van der Waals surface area contributed by atoms with Crippen LogP contribution in [0.3, 0.4) is 0 Å². The molecule has 2 rings (SSSR count). The minimum absolute atomic E-state index is 0.352. The molecule has 6 heteroatoms. The van der Waals surface area contributed by atoms with Crippen LogP contribution in [-0.2, 0) is 9.53 Å². The van der Waals surface area contributed by atoms with Gasteiger partial charge in [0.2, 0.25) is 0 Å². The lowest BCUT2D eigenvalue weighted by molar-refractivity contribution is -0.137. The fraction of sp³-hybridized carbons (Fsp3) is 0.333. The standard InChI is InChI=1S/C24H27N3O3/c1-2-24(28)30-18-8-6-4-3-5-7-17-29-23-15-13-22(14-16-23)27-26-21-11-9-20(19-25)10-12-21/h2,9-16H,1,3-8,17-18H2. The molecule has 0 spiro atoms. The molecule has 30 heavy (non-hydrogen) atoms. The van der Waals surface area contributed by atoms with Crippen molar-refractivity contribution in [1.29, 1.82) is 5.26 Å². The Hall–Kier alpha value is -3.46. The summed E-state index contributed by atoms with van der Waals surface area (Å²) in [5, 5.41) is 17.2. The van der Waals surface area contributed by atoms with Gasteiger partial charge in [0.05, 0.1) is 36.2 Å². The molecule has 0 aliphatic carbocycles. The molecule has 0 atom stereocenters. The first-order valence-electron chi connectivity index (χ1n) is 10.2. The first kappa shape index (κ1) is 22.8. The predicted molar refractivity (Wildman–Crippen MR) is 116 cm³/mol. The van der Waals surface area contributed by atoms with E-state index in [9.17, 15) is 4.79 Å². The van der Waals surface area contributed by atoms with Crippen molar-refractivity contribution in [3.63, 3.8) is 0 Å². The summed E-state index contributed by atoms with van der Waals surface area (Å²) in [7, 11) is 0. The molecule has 0 saturated heterocycles. The van der Waals surface area contributed by atoms with Gasteiger partial charge in [0.1, 0.15) is 5.75 Å². The Bertz CT molecular complexity index is 853. The number of unbranched alkanes of at least 4 members (excludes halogenated alkanes) is 5. The molecule has 0 N–H and O–H groups in total. The lowest BCUT2D eigenvalue weighted by Gasteiger charge is -2.06. The summed E-state index contributed by atoms with van der Waals surface area (Å²) in [6.07, 6.45) is 7.54. The van der Waals surface area contributed by atoms with E-state index in [2.05, 4.69) is 22.9 Å². The van der Waals surface area contributed by atoms with Crippen LogP contribution in [0.2, 0.25) is 0 Å². The number of carbonyl (C=O) groups excluding carboxylic acids is 1. The highest BCUT2D eigenvalue weighted by Crippen LogP contribution is 2.21. The Morgan fingerprint density at radius 2 is 1.40 bits per heavy atom. The third kappa shape index (κ3) is 9.16. The van der Waals surface area contributed by atoms with Crippen LogP contribution < -0.4 is 4.74 Å². The van der Waals surface area contributed by atoms with Gasteiger partial charge in [-0.05, 0) is 61.4 Å². The highest BCUT2D eigenvalue weighted by molar-refractivity contribution is 5.81. The Morgan fingerprint density at radius 1 is 0.867 bits per heavy atom. The predicted octanol–water partition coefficient (Wildman–Crippen LogP) is 6.42. The van der Waals surface area contributed by atoms with Gasteiger partial charge in [-0.1, -0.05) is 32.3 Å². The Kier molecular flexibility index (Phi) is 10.4. The molecule has 0 aromatic heterocycles. The molecular weight excluding hydrogens is 378 g/mol. The smallest absolute Gasteiger partial charge is 0.330 e. The van der Waals surface area contributed by atoms with E-state index in [1.54, 1.807) is 24.3 Å². The first-order valence-corrected chi connectivity index (χ1v) is 10.2. The van der Waals surface area contributed by atoms with E-state index in [4.69, 9.17) is 14.7 Å². The molecule has 0 fully saturated rings. The number of hydrogen-bond donors (Lipinski definition) is 0. The van der Waals surface area contributed by atoms with Gasteiger partial charge in [-0.3, -0.25) is 0 Å². The molecule has 0 radical (unpaired) electrons.